The molecule has 2 nitrogen and oxygen atoms in total. The Morgan fingerprint density at radius 1 is 1.58 bits per heavy atom. The lowest BCUT2D eigenvalue weighted by Crippen LogP contribution is -2.20. The van der Waals surface area contributed by atoms with E-state index in [1.165, 1.54) is 19.3 Å². The first-order valence-electron chi connectivity index (χ1n) is 4.84. The van der Waals surface area contributed by atoms with Crippen LogP contribution in [0.25, 0.3) is 0 Å². The topological polar surface area (TPSA) is 26.3 Å². The van der Waals surface area contributed by atoms with E-state index in [1.54, 1.807) is 0 Å². The van der Waals surface area contributed by atoms with Crippen molar-refractivity contribution in [2.75, 3.05) is 6.61 Å². The minimum absolute atomic E-state index is 0.0234. The number of hydrogen-bond donors (Lipinski definition) is 0. The van der Waals surface area contributed by atoms with Crippen LogP contribution in [0.15, 0.2) is 0 Å². The van der Waals surface area contributed by atoms with Crippen LogP contribution in [-0.2, 0) is 9.53 Å². The summed E-state index contributed by atoms with van der Waals surface area (Å²) in [6.07, 6.45) is 4.81. The first-order valence-corrected chi connectivity index (χ1v) is 4.84. The maximum atomic E-state index is 11.4. The quantitative estimate of drug-likeness (QED) is 0.587. The van der Waals surface area contributed by atoms with Gasteiger partial charge in [-0.05, 0) is 38.0 Å². The van der Waals surface area contributed by atoms with Crippen LogP contribution in [0.4, 0.5) is 0 Å². The predicted molar refractivity (Wildman–Crippen MR) is 45.3 cm³/mol. The Morgan fingerprint density at radius 3 is 2.92 bits per heavy atom. The van der Waals surface area contributed by atoms with Crippen LogP contribution in [0.3, 0.4) is 0 Å². The normalized spacial score (nSPS) is 34.1. The van der Waals surface area contributed by atoms with Gasteiger partial charge in [0.2, 0.25) is 0 Å². The van der Waals surface area contributed by atoms with Crippen LogP contribution >= 0.6 is 0 Å². The van der Waals surface area contributed by atoms with Crippen LogP contribution in [-0.4, -0.2) is 12.6 Å². The van der Waals surface area contributed by atoms with E-state index in [-0.39, 0.29) is 5.97 Å². The molecule has 2 atom stereocenters. The van der Waals surface area contributed by atoms with Gasteiger partial charge in [0.05, 0.1) is 12.5 Å². The summed E-state index contributed by atoms with van der Waals surface area (Å²) in [6, 6.07) is 0. The maximum absolute atomic E-state index is 11.4. The summed E-state index contributed by atoms with van der Waals surface area (Å²) in [7, 11) is 0. The van der Waals surface area contributed by atoms with Gasteiger partial charge < -0.3 is 4.74 Å². The molecular formula is C10H15O2. The van der Waals surface area contributed by atoms with Crippen molar-refractivity contribution >= 4 is 5.97 Å². The molecule has 0 spiro atoms. The van der Waals surface area contributed by atoms with Gasteiger partial charge in [-0.25, -0.2) is 0 Å². The van der Waals surface area contributed by atoms with E-state index in [0.29, 0.717) is 12.5 Å². The lowest BCUT2D eigenvalue weighted by molar-refractivity contribution is -0.141. The summed E-state index contributed by atoms with van der Waals surface area (Å²) in [5.74, 6) is 2.43. The smallest absolute Gasteiger partial charge is 0.313 e. The summed E-state index contributed by atoms with van der Waals surface area (Å²) in [4.78, 5) is 11.4. The molecule has 0 saturated heterocycles. The SMILES string of the molecule is CCOC(=O)[C]1CC2CCC1C2. The first kappa shape index (κ1) is 8.09. The molecule has 2 fully saturated rings. The second-order valence-corrected chi connectivity index (χ2v) is 3.83. The highest BCUT2D eigenvalue weighted by atomic mass is 16.5. The average Bonchev–Trinajstić information content (AvgIpc) is 2.64. The molecule has 2 bridgehead atoms. The Balaban J connectivity index is 1.93. The van der Waals surface area contributed by atoms with Gasteiger partial charge in [-0.15, -0.1) is 0 Å². The Hall–Kier alpha value is -0.530. The Bertz CT molecular complexity index is 188. The lowest BCUT2D eigenvalue weighted by Gasteiger charge is -2.18. The highest BCUT2D eigenvalue weighted by Crippen LogP contribution is 2.49. The van der Waals surface area contributed by atoms with E-state index < -0.39 is 0 Å². The number of hydrogen-bond acceptors (Lipinski definition) is 2. The fourth-order valence-electron chi connectivity index (χ4n) is 2.53. The maximum Gasteiger partial charge on any atom is 0.313 e. The predicted octanol–water partition coefficient (Wildman–Crippen LogP) is 1.94. The third-order valence-electron chi connectivity index (χ3n) is 3.08. The molecule has 2 saturated carbocycles. The van der Waals surface area contributed by atoms with Gasteiger partial charge in [0.25, 0.3) is 0 Å². The molecule has 0 aromatic heterocycles. The molecule has 0 amide bonds. The molecule has 12 heavy (non-hydrogen) atoms. The molecule has 2 aliphatic rings. The molecule has 0 aromatic rings. The number of fused-ring (bicyclic) bond motifs is 2. The van der Waals surface area contributed by atoms with E-state index >= 15 is 0 Å². The van der Waals surface area contributed by atoms with Gasteiger partial charge in [0.1, 0.15) is 0 Å². The zero-order valence-electron chi connectivity index (χ0n) is 7.51. The highest BCUT2D eigenvalue weighted by Gasteiger charge is 2.44. The van der Waals surface area contributed by atoms with Crippen molar-refractivity contribution < 1.29 is 9.53 Å². The highest BCUT2D eigenvalue weighted by molar-refractivity contribution is 5.86. The fourth-order valence-corrected chi connectivity index (χ4v) is 2.53. The van der Waals surface area contributed by atoms with E-state index in [0.717, 1.165) is 18.3 Å². The Kier molecular flexibility index (Phi) is 2.07. The molecular weight excluding hydrogens is 152 g/mol. The van der Waals surface area contributed by atoms with Crippen LogP contribution in [0.2, 0.25) is 0 Å². The van der Waals surface area contributed by atoms with Gasteiger partial charge >= 0.3 is 5.97 Å². The first-order chi connectivity index (χ1) is 5.81. The number of rotatable bonds is 2. The van der Waals surface area contributed by atoms with Gasteiger partial charge in [-0.2, -0.15) is 0 Å². The fraction of sp³-hybridized carbons (Fsp3) is 0.800. The monoisotopic (exact) mass is 167 g/mol. The molecule has 2 rings (SSSR count). The summed E-state index contributed by atoms with van der Waals surface area (Å²) in [6.45, 7) is 2.38. The molecule has 2 heteroatoms. The standard InChI is InChI=1S/C10H15O2/c1-2-12-10(11)9-6-7-3-4-8(9)5-7/h7-8H,2-6H2,1H3. The molecule has 0 aromatic carbocycles. The zero-order chi connectivity index (χ0) is 8.55. The summed E-state index contributed by atoms with van der Waals surface area (Å²) >= 11 is 0. The van der Waals surface area contributed by atoms with Crippen molar-refractivity contribution in [2.24, 2.45) is 11.8 Å². The van der Waals surface area contributed by atoms with Crippen LogP contribution in [0.1, 0.15) is 32.6 Å². The summed E-state index contributed by atoms with van der Waals surface area (Å²) < 4.78 is 5.00. The van der Waals surface area contributed by atoms with E-state index in [1.807, 2.05) is 6.92 Å². The molecule has 2 aliphatic carbocycles. The van der Waals surface area contributed by atoms with Gasteiger partial charge in [-0.3, -0.25) is 4.79 Å². The average molecular weight is 167 g/mol. The van der Waals surface area contributed by atoms with E-state index in [2.05, 4.69) is 0 Å². The second-order valence-electron chi connectivity index (χ2n) is 3.83. The Labute approximate surface area is 73.3 Å². The van der Waals surface area contributed by atoms with Crippen molar-refractivity contribution in [3.05, 3.63) is 5.92 Å². The number of esters is 1. The molecule has 0 aliphatic heterocycles. The van der Waals surface area contributed by atoms with Crippen molar-refractivity contribution in [2.45, 2.75) is 32.6 Å². The number of carbonyl (C=O) groups is 1. The summed E-state index contributed by atoms with van der Waals surface area (Å²) in [5.41, 5.74) is 0. The molecule has 0 heterocycles. The molecule has 2 unspecified atom stereocenters. The molecule has 67 valence electrons. The van der Waals surface area contributed by atoms with Crippen LogP contribution in [0.5, 0.6) is 0 Å². The van der Waals surface area contributed by atoms with E-state index in [4.69, 9.17) is 4.74 Å². The third kappa shape index (κ3) is 1.23. The van der Waals surface area contributed by atoms with Crippen LogP contribution < -0.4 is 0 Å². The van der Waals surface area contributed by atoms with Gasteiger partial charge in [0, 0.05) is 0 Å². The van der Waals surface area contributed by atoms with Crippen molar-refractivity contribution in [3.8, 4) is 0 Å². The minimum Gasteiger partial charge on any atom is -0.466 e. The van der Waals surface area contributed by atoms with E-state index in [9.17, 15) is 4.79 Å². The van der Waals surface area contributed by atoms with Gasteiger partial charge in [0.15, 0.2) is 0 Å². The zero-order valence-corrected chi connectivity index (χ0v) is 7.51. The largest absolute Gasteiger partial charge is 0.466 e. The van der Waals surface area contributed by atoms with Crippen LogP contribution in [0, 0.1) is 17.8 Å². The van der Waals surface area contributed by atoms with Crippen molar-refractivity contribution in [1.29, 1.82) is 0 Å². The van der Waals surface area contributed by atoms with Crippen molar-refractivity contribution in [1.82, 2.24) is 0 Å². The molecule has 0 N–H and O–H groups in total. The third-order valence-corrected chi connectivity index (χ3v) is 3.08. The lowest BCUT2D eigenvalue weighted by atomic mass is 9.89. The second kappa shape index (κ2) is 3.08. The van der Waals surface area contributed by atoms with Gasteiger partial charge in [-0.1, -0.05) is 6.42 Å². The molecule has 1 radical (unpaired) electrons. The van der Waals surface area contributed by atoms with Crippen molar-refractivity contribution in [3.63, 3.8) is 0 Å². The number of carbonyl (C=O) groups excluding carboxylic acids is 1. The summed E-state index contributed by atoms with van der Waals surface area (Å²) in [5, 5.41) is 0. The number of ether oxygens (including phenoxy) is 1. The minimum atomic E-state index is -0.0234. The Morgan fingerprint density at radius 2 is 2.42 bits per heavy atom.